The van der Waals surface area contributed by atoms with Gasteiger partial charge in [0.15, 0.2) is 0 Å². The lowest BCUT2D eigenvalue weighted by molar-refractivity contribution is -0.137. The second-order valence-electron chi connectivity index (χ2n) is 7.42. The lowest BCUT2D eigenvalue weighted by atomic mass is 9.78. The van der Waals surface area contributed by atoms with Crippen molar-refractivity contribution in [2.45, 2.75) is 76.2 Å². The molecule has 0 aromatic heterocycles. The van der Waals surface area contributed by atoms with Crippen LogP contribution in [0.3, 0.4) is 0 Å². The normalized spacial score (nSPS) is 22.8. The van der Waals surface area contributed by atoms with Crippen molar-refractivity contribution < 1.29 is 9.90 Å². The summed E-state index contributed by atoms with van der Waals surface area (Å²) in [4.78, 5) is 15.9. The van der Waals surface area contributed by atoms with Crippen molar-refractivity contribution in [3.8, 4) is 0 Å². The third-order valence-corrected chi connectivity index (χ3v) is 5.56. The highest BCUT2D eigenvalue weighted by atomic mass is 16.4. The lowest BCUT2D eigenvalue weighted by Gasteiger charge is -2.50. The first-order chi connectivity index (χ1) is 10.6. The SMILES string of the molecule is CN(CCCCC(=O)O)CC1(N2CCCCC2)CCCCC1. The van der Waals surface area contributed by atoms with Crippen LogP contribution in [-0.4, -0.2) is 59.6 Å². The van der Waals surface area contributed by atoms with Crippen LogP contribution in [0.15, 0.2) is 0 Å². The summed E-state index contributed by atoms with van der Waals surface area (Å²) in [5.41, 5.74) is 0.403. The molecule has 4 nitrogen and oxygen atoms in total. The highest BCUT2D eigenvalue weighted by Gasteiger charge is 2.38. The number of aliphatic carboxylic acids is 1. The Bertz CT molecular complexity index is 334. The number of carbonyl (C=O) groups is 1. The van der Waals surface area contributed by atoms with Crippen LogP contribution in [0.5, 0.6) is 0 Å². The molecule has 0 aromatic rings. The molecule has 0 radical (unpaired) electrons. The number of rotatable bonds is 8. The zero-order chi connectivity index (χ0) is 15.8. The Kier molecular flexibility index (Phi) is 7.16. The maximum atomic E-state index is 10.6. The summed E-state index contributed by atoms with van der Waals surface area (Å²) in [7, 11) is 2.22. The number of carboxylic acid groups (broad SMARTS) is 1. The van der Waals surface area contributed by atoms with Gasteiger partial charge >= 0.3 is 5.97 Å². The first-order valence-corrected chi connectivity index (χ1v) is 9.28. The number of carboxylic acids is 1. The van der Waals surface area contributed by atoms with Gasteiger partial charge in [0.1, 0.15) is 0 Å². The molecule has 0 atom stereocenters. The van der Waals surface area contributed by atoms with Crippen LogP contribution < -0.4 is 0 Å². The van der Waals surface area contributed by atoms with Crippen molar-refractivity contribution in [2.75, 3.05) is 33.2 Å². The van der Waals surface area contributed by atoms with Gasteiger partial charge in [0.05, 0.1) is 0 Å². The molecule has 1 saturated carbocycles. The van der Waals surface area contributed by atoms with Crippen molar-refractivity contribution in [3.05, 3.63) is 0 Å². The van der Waals surface area contributed by atoms with Crippen LogP contribution in [0.25, 0.3) is 0 Å². The molecule has 128 valence electrons. The van der Waals surface area contributed by atoms with Crippen molar-refractivity contribution in [1.29, 1.82) is 0 Å². The molecule has 1 aliphatic carbocycles. The monoisotopic (exact) mass is 310 g/mol. The molecule has 1 saturated heterocycles. The van der Waals surface area contributed by atoms with Gasteiger partial charge in [-0.3, -0.25) is 9.69 Å². The Labute approximate surface area is 135 Å². The smallest absolute Gasteiger partial charge is 0.303 e. The van der Waals surface area contributed by atoms with Crippen LogP contribution in [-0.2, 0) is 4.79 Å². The van der Waals surface area contributed by atoms with E-state index in [0.29, 0.717) is 12.0 Å². The Morgan fingerprint density at radius 2 is 1.68 bits per heavy atom. The van der Waals surface area contributed by atoms with Gasteiger partial charge in [-0.05, 0) is 65.2 Å². The summed E-state index contributed by atoms with van der Waals surface area (Å²) < 4.78 is 0. The van der Waals surface area contributed by atoms with Crippen LogP contribution >= 0.6 is 0 Å². The summed E-state index contributed by atoms with van der Waals surface area (Å²) in [5.74, 6) is -0.667. The van der Waals surface area contributed by atoms with Gasteiger partial charge < -0.3 is 10.0 Å². The van der Waals surface area contributed by atoms with Gasteiger partial charge in [0, 0.05) is 18.5 Å². The fourth-order valence-corrected chi connectivity index (χ4v) is 4.39. The summed E-state index contributed by atoms with van der Waals surface area (Å²) in [6.45, 7) is 4.77. The van der Waals surface area contributed by atoms with Crippen molar-refractivity contribution in [3.63, 3.8) is 0 Å². The molecule has 1 heterocycles. The Hall–Kier alpha value is -0.610. The molecule has 0 spiro atoms. The Morgan fingerprint density at radius 1 is 1.05 bits per heavy atom. The Morgan fingerprint density at radius 3 is 2.32 bits per heavy atom. The van der Waals surface area contributed by atoms with Gasteiger partial charge in [0.2, 0.25) is 0 Å². The molecule has 0 bridgehead atoms. The lowest BCUT2D eigenvalue weighted by Crippen LogP contribution is -2.57. The maximum absolute atomic E-state index is 10.6. The van der Waals surface area contributed by atoms with E-state index in [2.05, 4.69) is 16.8 Å². The van der Waals surface area contributed by atoms with E-state index in [-0.39, 0.29) is 0 Å². The third-order valence-electron chi connectivity index (χ3n) is 5.56. The number of piperidine rings is 1. The second-order valence-corrected chi connectivity index (χ2v) is 7.42. The fraction of sp³-hybridized carbons (Fsp3) is 0.944. The number of hydrogen-bond acceptors (Lipinski definition) is 3. The number of unbranched alkanes of at least 4 members (excludes halogenated alkanes) is 1. The maximum Gasteiger partial charge on any atom is 0.303 e. The van der Waals surface area contributed by atoms with Crippen LogP contribution in [0.4, 0.5) is 0 Å². The number of likely N-dealkylation sites (tertiary alicyclic amines) is 1. The van der Waals surface area contributed by atoms with Crippen LogP contribution in [0.2, 0.25) is 0 Å². The largest absolute Gasteiger partial charge is 0.481 e. The van der Waals surface area contributed by atoms with E-state index in [1.54, 1.807) is 0 Å². The molecule has 22 heavy (non-hydrogen) atoms. The van der Waals surface area contributed by atoms with Crippen molar-refractivity contribution in [2.24, 2.45) is 0 Å². The molecule has 0 amide bonds. The summed E-state index contributed by atoms with van der Waals surface area (Å²) in [5, 5.41) is 8.73. The van der Waals surface area contributed by atoms with E-state index in [1.165, 1.54) is 71.0 Å². The minimum absolute atomic E-state index is 0.311. The minimum Gasteiger partial charge on any atom is -0.481 e. The topological polar surface area (TPSA) is 43.8 Å². The first-order valence-electron chi connectivity index (χ1n) is 9.28. The van der Waals surface area contributed by atoms with E-state index in [0.717, 1.165) is 19.4 Å². The molecule has 0 aromatic carbocycles. The zero-order valence-electron chi connectivity index (χ0n) is 14.4. The predicted molar refractivity (Wildman–Crippen MR) is 90.2 cm³/mol. The fourth-order valence-electron chi connectivity index (χ4n) is 4.39. The van der Waals surface area contributed by atoms with Gasteiger partial charge in [-0.15, -0.1) is 0 Å². The zero-order valence-corrected chi connectivity index (χ0v) is 14.4. The second kappa shape index (κ2) is 8.88. The third kappa shape index (κ3) is 5.24. The molecule has 1 aliphatic heterocycles. The number of hydrogen-bond donors (Lipinski definition) is 1. The van der Waals surface area contributed by atoms with E-state index >= 15 is 0 Å². The van der Waals surface area contributed by atoms with Gasteiger partial charge in [-0.25, -0.2) is 0 Å². The molecular weight excluding hydrogens is 276 g/mol. The van der Waals surface area contributed by atoms with Crippen molar-refractivity contribution in [1.82, 2.24) is 9.80 Å². The minimum atomic E-state index is -0.667. The van der Waals surface area contributed by atoms with Gasteiger partial charge in [-0.2, -0.15) is 0 Å². The standard InChI is InChI=1S/C18H34N2O2/c1-19(13-9-4-10-17(21)22)16-18(11-5-2-6-12-18)20-14-7-3-8-15-20/h2-16H2,1H3,(H,21,22). The van der Waals surface area contributed by atoms with E-state index in [9.17, 15) is 4.79 Å². The molecule has 2 rings (SSSR count). The molecule has 1 N–H and O–H groups in total. The quantitative estimate of drug-likeness (QED) is 0.698. The predicted octanol–water partition coefficient (Wildman–Crippen LogP) is 3.36. The molecule has 4 heteroatoms. The van der Waals surface area contributed by atoms with E-state index in [1.807, 2.05) is 0 Å². The van der Waals surface area contributed by atoms with Crippen molar-refractivity contribution >= 4 is 5.97 Å². The molecule has 2 fully saturated rings. The van der Waals surface area contributed by atoms with Gasteiger partial charge in [-0.1, -0.05) is 25.7 Å². The highest BCUT2D eigenvalue weighted by molar-refractivity contribution is 5.66. The average Bonchev–Trinajstić information content (AvgIpc) is 2.53. The molecule has 0 unspecified atom stereocenters. The summed E-state index contributed by atoms with van der Waals surface area (Å²) >= 11 is 0. The van der Waals surface area contributed by atoms with E-state index in [4.69, 9.17) is 5.11 Å². The number of nitrogens with zero attached hydrogens (tertiary/aromatic N) is 2. The Balaban J connectivity index is 1.84. The molecular formula is C18H34N2O2. The van der Waals surface area contributed by atoms with Crippen LogP contribution in [0, 0.1) is 0 Å². The summed E-state index contributed by atoms with van der Waals surface area (Å²) in [6, 6.07) is 0. The number of likely N-dealkylation sites (N-methyl/N-ethyl adjacent to an activating group) is 1. The van der Waals surface area contributed by atoms with Gasteiger partial charge in [0.25, 0.3) is 0 Å². The highest BCUT2D eigenvalue weighted by Crippen LogP contribution is 2.36. The molecule has 2 aliphatic rings. The van der Waals surface area contributed by atoms with Crippen LogP contribution in [0.1, 0.15) is 70.6 Å². The summed E-state index contributed by atoms with van der Waals surface area (Å²) in [6.07, 6.45) is 13.1. The first kappa shape index (κ1) is 17.7. The van der Waals surface area contributed by atoms with E-state index < -0.39 is 5.97 Å². The average molecular weight is 310 g/mol.